The average Bonchev–Trinajstić information content (AvgIpc) is 2.75. The Morgan fingerprint density at radius 1 is 0.969 bits per heavy atom. The molecule has 0 radical (unpaired) electrons. The topological polar surface area (TPSA) is 78.5 Å². The van der Waals surface area contributed by atoms with Gasteiger partial charge in [-0.1, -0.05) is 6.07 Å². The molecular weight excluding hydrogens is 443 g/mol. The van der Waals surface area contributed by atoms with Gasteiger partial charge in [0.2, 0.25) is 15.9 Å². The molecule has 174 valence electrons. The van der Waals surface area contributed by atoms with Crippen molar-refractivity contribution in [3.63, 3.8) is 0 Å². The third-order valence-corrected chi connectivity index (χ3v) is 8.25. The van der Waals surface area contributed by atoms with Gasteiger partial charge in [0.25, 0.3) is 0 Å². The van der Waals surface area contributed by atoms with Gasteiger partial charge in [-0.2, -0.15) is 4.31 Å². The number of piperidine rings is 1. The molecule has 1 amide bonds. The third-order valence-electron chi connectivity index (χ3n) is 6.08. The first-order valence-corrected chi connectivity index (χ1v) is 11.7. The smallest absolute Gasteiger partial charge is 0.243 e. The average molecular weight is 470 g/mol. The molecule has 0 aliphatic carbocycles. The first-order chi connectivity index (χ1) is 14.9. The molecule has 0 unspecified atom stereocenters. The fourth-order valence-electron chi connectivity index (χ4n) is 3.91. The first kappa shape index (κ1) is 24.1. The molecule has 3 rings (SSSR count). The zero-order chi connectivity index (χ0) is 23.8. The van der Waals surface area contributed by atoms with Gasteiger partial charge in [-0.25, -0.2) is 21.6 Å². The van der Waals surface area contributed by atoms with Crippen LogP contribution in [0, 0.1) is 51.1 Å². The van der Waals surface area contributed by atoms with Crippen molar-refractivity contribution in [1.29, 1.82) is 0 Å². The van der Waals surface area contributed by atoms with Gasteiger partial charge in [-0.15, -0.1) is 0 Å². The molecule has 0 spiro atoms. The number of hydrazine groups is 1. The second-order valence-corrected chi connectivity index (χ2v) is 9.98. The molecule has 32 heavy (non-hydrogen) atoms. The summed E-state index contributed by atoms with van der Waals surface area (Å²) in [6, 6.07) is 3.67. The van der Waals surface area contributed by atoms with Crippen LogP contribution in [0.4, 0.5) is 18.9 Å². The first-order valence-electron chi connectivity index (χ1n) is 10.2. The number of anilines is 1. The van der Waals surface area contributed by atoms with Crippen molar-refractivity contribution in [3.8, 4) is 0 Å². The van der Waals surface area contributed by atoms with E-state index < -0.39 is 45.0 Å². The fourth-order valence-corrected chi connectivity index (χ4v) is 5.95. The highest BCUT2D eigenvalue weighted by molar-refractivity contribution is 7.89. The summed E-state index contributed by atoms with van der Waals surface area (Å²) in [6.07, 6.45) is 0.547. The van der Waals surface area contributed by atoms with Crippen LogP contribution in [-0.2, 0) is 14.8 Å². The Morgan fingerprint density at radius 3 is 2.09 bits per heavy atom. The van der Waals surface area contributed by atoms with Crippen molar-refractivity contribution in [1.82, 2.24) is 9.73 Å². The van der Waals surface area contributed by atoms with Crippen LogP contribution in [-0.4, -0.2) is 31.7 Å². The number of hydrogen-bond donors (Lipinski definition) is 2. The molecule has 6 nitrogen and oxygen atoms in total. The number of sulfonamides is 1. The number of benzene rings is 2. The molecule has 0 atom stereocenters. The second-order valence-electron chi connectivity index (χ2n) is 8.11. The number of nitrogens with zero attached hydrogens (tertiary/aromatic N) is 1. The summed E-state index contributed by atoms with van der Waals surface area (Å²) in [7, 11) is -3.73. The minimum Gasteiger partial charge on any atom is -0.296 e. The van der Waals surface area contributed by atoms with Crippen LogP contribution >= 0.6 is 0 Å². The minimum atomic E-state index is -3.73. The maximum atomic E-state index is 13.7. The number of hydrogen-bond acceptors (Lipinski definition) is 4. The highest BCUT2D eigenvalue weighted by atomic mass is 32.2. The van der Waals surface area contributed by atoms with Crippen molar-refractivity contribution < 1.29 is 26.4 Å². The molecule has 0 aromatic heterocycles. The zero-order valence-corrected chi connectivity index (χ0v) is 19.2. The van der Waals surface area contributed by atoms with Crippen molar-refractivity contribution >= 4 is 21.6 Å². The van der Waals surface area contributed by atoms with Crippen molar-refractivity contribution in [2.75, 3.05) is 18.5 Å². The van der Waals surface area contributed by atoms with E-state index in [9.17, 15) is 26.4 Å². The Morgan fingerprint density at radius 2 is 1.53 bits per heavy atom. The summed E-state index contributed by atoms with van der Waals surface area (Å²) in [5.41, 5.74) is 7.37. The van der Waals surface area contributed by atoms with Gasteiger partial charge < -0.3 is 0 Å². The SMILES string of the molecule is Cc1cc(C)c(C)c(S(=O)(=O)N2CCC(C(=O)NNc3ccc(F)c(F)c3F)CC2)c1C. The number of carbonyl (C=O) groups is 1. The summed E-state index contributed by atoms with van der Waals surface area (Å²) < 4.78 is 68.1. The van der Waals surface area contributed by atoms with Crippen LogP contribution in [0.15, 0.2) is 23.1 Å². The van der Waals surface area contributed by atoms with E-state index in [-0.39, 0.29) is 25.9 Å². The highest BCUT2D eigenvalue weighted by Gasteiger charge is 2.34. The lowest BCUT2D eigenvalue weighted by atomic mass is 9.98. The molecule has 10 heteroatoms. The molecule has 1 aliphatic heterocycles. The molecule has 1 aliphatic rings. The molecule has 0 bridgehead atoms. The summed E-state index contributed by atoms with van der Waals surface area (Å²) in [5.74, 6) is -5.40. The third kappa shape index (κ3) is 4.47. The monoisotopic (exact) mass is 469 g/mol. The molecule has 1 fully saturated rings. The number of aryl methyl sites for hydroxylation is 2. The van der Waals surface area contributed by atoms with E-state index in [0.29, 0.717) is 16.0 Å². The largest absolute Gasteiger partial charge is 0.296 e. The van der Waals surface area contributed by atoms with Gasteiger partial charge >= 0.3 is 0 Å². The lowest BCUT2D eigenvalue weighted by molar-refractivity contribution is -0.125. The number of nitrogens with one attached hydrogen (secondary N) is 2. The predicted molar refractivity (Wildman–Crippen MR) is 115 cm³/mol. The van der Waals surface area contributed by atoms with Gasteiger partial charge in [0.15, 0.2) is 17.5 Å². The van der Waals surface area contributed by atoms with Crippen molar-refractivity contribution in [2.24, 2.45) is 5.92 Å². The van der Waals surface area contributed by atoms with E-state index in [0.717, 1.165) is 23.3 Å². The van der Waals surface area contributed by atoms with Gasteiger partial charge in [0, 0.05) is 19.0 Å². The number of rotatable bonds is 5. The van der Waals surface area contributed by atoms with Crippen molar-refractivity contribution in [2.45, 2.75) is 45.4 Å². The predicted octanol–water partition coefficient (Wildman–Crippen LogP) is 3.88. The standard InChI is InChI=1S/C22H26F3N3O3S/c1-12-11-13(2)15(4)21(14(12)3)32(30,31)28-9-7-16(8-10-28)22(29)27-26-18-6-5-17(23)19(24)20(18)25/h5-6,11,16,26H,7-10H2,1-4H3,(H,27,29). The van der Waals surface area contributed by atoms with Gasteiger partial charge in [-0.05, 0) is 74.9 Å². The number of carbonyl (C=O) groups excluding carboxylic acids is 1. The maximum Gasteiger partial charge on any atom is 0.243 e. The molecule has 2 aromatic rings. The van der Waals surface area contributed by atoms with Crippen LogP contribution in [0.1, 0.15) is 35.1 Å². The van der Waals surface area contributed by atoms with E-state index in [4.69, 9.17) is 0 Å². The molecule has 2 aromatic carbocycles. The zero-order valence-electron chi connectivity index (χ0n) is 18.4. The maximum absolute atomic E-state index is 13.7. The molecular formula is C22H26F3N3O3S. The van der Waals surface area contributed by atoms with E-state index in [2.05, 4.69) is 10.9 Å². The highest BCUT2D eigenvalue weighted by Crippen LogP contribution is 2.31. The normalized spacial score (nSPS) is 15.6. The summed E-state index contributed by atoms with van der Waals surface area (Å²) in [4.78, 5) is 12.7. The van der Waals surface area contributed by atoms with Crippen molar-refractivity contribution in [3.05, 3.63) is 57.9 Å². The lowest BCUT2D eigenvalue weighted by Gasteiger charge is -2.32. The van der Waals surface area contributed by atoms with Gasteiger partial charge in [-0.3, -0.25) is 15.6 Å². The molecule has 0 saturated carbocycles. The summed E-state index contributed by atoms with van der Waals surface area (Å²) in [5, 5.41) is 0. The molecule has 1 heterocycles. The Labute approximate surface area is 185 Å². The van der Waals surface area contributed by atoms with Crippen LogP contribution in [0.5, 0.6) is 0 Å². The van der Waals surface area contributed by atoms with E-state index in [1.54, 1.807) is 13.8 Å². The lowest BCUT2D eigenvalue weighted by Crippen LogP contribution is -2.44. The van der Waals surface area contributed by atoms with Crippen LogP contribution in [0.25, 0.3) is 0 Å². The van der Waals surface area contributed by atoms with Gasteiger partial charge in [0.1, 0.15) is 0 Å². The Kier molecular flexibility index (Phi) is 6.85. The quantitative estimate of drug-likeness (QED) is 0.515. The number of amides is 1. The van der Waals surface area contributed by atoms with Crippen LogP contribution in [0.3, 0.4) is 0 Å². The minimum absolute atomic E-state index is 0.159. The Hall–Kier alpha value is -2.59. The number of halogens is 3. The molecule has 2 N–H and O–H groups in total. The fraction of sp³-hybridized carbons (Fsp3) is 0.409. The summed E-state index contributed by atoms with van der Waals surface area (Å²) in [6.45, 7) is 7.65. The van der Waals surface area contributed by atoms with Crippen LogP contribution < -0.4 is 10.9 Å². The van der Waals surface area contributed by atoms with E-state index in [1.165, 1.54) is 4.31 Å². The van der Waals surface area contributed by atoms with E-state index in [1.807, 2.05) is 19.9 Å². The summed E-state index contributed by atoms with van der Waals surface area (Å²) >= 11 is 0. The van der Waals surface area contributed by atoms with E-state index >= 15 is 0 Å². The Balaban J connectivity index is 1.66. The van der Waals surface area contributed by atoms with Crippen LogP contribution in [0.2, 0.25) is 0 Å². The molecule has 1 saturated heterocycles. The Bertz CT molecular complexity index is 1130. The second kappa shape index (κ2) is 9.11. The van der Waals surface area contributed by atoms with Gasteiger partial charge in [0.05, 0.1) is 10.6 Å².